The minimum Gasteiger partial charge on any atom is -0.349 e. The Morgan fingerprint density at radius 1 is 1.07 bits per heavy atom. The Morgan fingerprint density at radius 3 is 2.41 bits per heavy atom. The quantitative estimate of drug-likeness (QED) is 0.873. The van der Waals surface area contributed by atoms with Gasteiger partial charge in [0.05, 0.1) is 4.90 Å². The van der Waals surface area contributed by atoms with Gasteiger partial charge < -0.3 is 5.32 Å². The molecule has 0 saturated carbocycles. The predicted octanol–water partition coefficient (Wildman–Crippen LogP) is 3.03. The van der Waals surface area contributed by atoms with Crippen molar-refractivity contribution in [1.29, 1.82) is 0 Å². The van der Waals surface area contributed by atoms with Crippen LogP contribution in [0.2, 0.25) is 0 Å². The van der Waals surface area contributed by atoms with Crippen molar-refractivity contribution >= 4 is 15.9 Å². The first kappa shape index (κ1) is 19.5. The normalized spacial score (nSPS) is 16.3. The molecule has 1 aliphatic heterocycles. The van der Waals surface area contributed by atoms with Gasteiger partial charge >= 0.3 is 0 Å². The van der Waals surface area contributed by atoms with Crippen molar-refractivity contribution in [3.8, 4) is 0 Å². The molecule has 1 heterocycles. The van der Waals surface area contributed by atoms with Crippen LogP contribution in [0.25, 0.3) is 0 Å². The van der Waals surface area contributed by atoms with Gasteiger partial charge in [-0.3, -0.25) is 4.79 Å². The Balaban J connectivity index is 1.62. The molecule has 5 nitrogen and oxygen atoms in total. The molecular formula is C20H23FN2O3S. The molecular weight excluding hydrogens is 367 g/mol. The van der Waals surface area contributed by atoms with Crippen molar-refractivity contribution in [2.24, 2.45) is 0 Å². The summed E-state index contributed by atoms with van der Waals surface area (Å²) >= 11 is 0. The minimum absolute atomic E-state index is 0.132. The number of piperidine rings is 1. The lowest BCUT2D eigenvalue weighted by atomic mass is 10.1. The molecule has 3 rings (SSSR count). The number of amides is 1. The highest BCUT2D eigenvalue weighted by Crippen LogP contribution is 2.23. The highest BCUT2D eigenvalue weighted by molar-refractivity contribution is 7.89. The lowest BCUT2D eigenvalue weighted by Gasteiger charge is -2.31. The summed E-state index contributed by atoms with van der Waals surface area (Å²) in [7, 11) is -3.54. The first-order chi connectivity index (χ1) is 12.8. The first-order valence-electron chi connectivity index (χ1n) is 8.91. The van der Waals surface area contributed by atoms with E-state index in [1.807, 2.05) is 19.9 Å². The molecule has 144 valence electrons. The fourth-order valence-corrected chi connectivity index (χ4v) is 4.72. The number of nitrogens with zero attached hydrogens (tertiary/aromatic N) is 1. The number of nitrogens with one attached hydrogen (secondary N) is 1. The Morgan fingerprint density at radius 2 is 1.78 bits per heavy atom. The fraction of sp³-hybridized carbons (Fsp3) is 0.350. The van der Waals surface area contributed by atoms with Crippen LogP contribution in [0.5, 0.6) is 0 Å². The van der Waals surface area contributed by atoms with Crippen LogP contribution in [0.3, 0.4) is 0 Å². The van der Waals surface area contributed by atoms with Crippen molar-refractivity contribution in [3.05, 3.63) is 65.0 Å². The summed E-state index contributed by atoms with van der Waals surface area (Å²) in [4.78, 5) is 12.5. The number of carbonyl (C=O) groups excluding carboxylic acids is 1. The molecule has 0 radical (unpaired) electrons. The molecule has 2 aromatic rings. The molecule has 0 aromatic heterocycles. The Kier molecular flexibility index (Phi) is 5.62. The molecule has 2 aromatic carbocycles. The van der Waals surface area contributed by atoms with Crippen molar-refractivity contribution in [2.75, 3.05) is 13.1 Å². The van der Waals surface area contributed by atoms with Crippen molar-refractivity contribution in [2.45, 2.75) is 37.6 Å². The first-order valence-corrected chi connectivity index (χ1v) is 10.4. The zero-order chi connectivity index (χ0) is 19.6. The predicted molar refractivity (Wildman–Crippen MR) is 102 cm³/mol. The van der Waals surface area contributed by atoms with Crippen molar-refractivity contribution in [1.82, 2.24) is 9.62 Å². The van der Waals surface area contributed by atoms with Crippen LogP contribution in [0.4, 0.5) is 4.39 Å². The number of rotatable bonds is 4. The number of benzene rings is 2. The molecule has 0 bridgehead atoms. The molecule has 1 fully saturated rings. The average molecular weight is 390 g/mol. The third kappa shape index (κ3) is 4.36. The van der Waals surface area contributed by atoms with E-state index in [0.717, 1.165) is 11.1 Å². The van der Waals surface area contributed by atoms with E-state index in [-0.39, 0.29) is 17.5 Å². The summed E-state index contributed by atoms with van der Waals surface area (Å²) in [5.74, 6) is -0.804. The molecule has 1 saturated heterocycles. The summed E-state index contributed by atoms with van der Waals surface area (Å²) in [5.41, 5.74) is 2.25. The Labute approximate surface area is 159 Å². The Bertz CT molecular complexity index is 951. The second kappa shape index (κ2) is 7.78. The maximum absolute atomic E-state index is 13.2. The summed E-state index contributed by atoms with van der Waals surface area (Å²) in [5, 5.41) is 2.86. The van der Waals surface area contributed by atoms with Gasteiger partial charge in [0.25, 0.3) is 5.91 Å². The van der Waals surface area contributed by atoms with Gasteiger partial charge in [-0.15, -0.1) is 0 Å². The number of sulfonamides is 1. The zero-order valence-corrected chi connectivity index (χ0v) is 16.2. The zero-order valence-electron chi connectivity index (χ0n) is 15.4. The van der Waals surface area contributed by atoms with Crippen molar-refractivity contribution in [3.63, 3.8) is 0 Å². The van der Waals surface area contributed by atoms with E-state index in [1.165, 1.54) is 22.5 Å². The van der Waals surface area contributed by atoms with E-state index >= 15 is 0 Å². The average Bonchev–Trinajstić information content (AvgIpc) is 2.64. The molecule has 1 aliphatic rings. The third-order valence-electron chi connectivity index (χ3n) is 4.99. The van der Waals surface area contributed by atoms with Crippen LogP contribution < -0.4 is 5.32 Å². The summed E-state index contributed by atoms with van der Waals surface area (Å²) in [6.07, 6.45) is 1.04. The standard InChI is InChI=1S/C20H23FN2O3S/c1-14-6-7-19(12-15(14)2)27(25,26)23-10-8-18(9-11-23)22-20(24)16-4-3-5-17(21)13-16/h3-7,12-13,18H,8-11H2,1-2H3,(H,22,24). The summed E-state index contributed by atoms with van der Waals surface area (Å²) in [6.45, 7) is 4.51. The smallest absolute Gasteiger partial charge is 0.251 e. The van der Waals surface area contributed by atoms with E-state index in [0.29, 0.717) is 30.8 Å². The van der Waals surface area contributed by atoms with Crippen LogP contribution in [0, 0.1) is 19.7 Å². The SMILES string of the molecule is Cc1ccc(S(=O)(=O)N2CCC(NC(=O)c3cccc(F)c3)CC2)cc1C. The number of carbonyl (C=O) groups is 1. The number of halogens is 1. The highest BCUT2D eigenvalue weighted by Gasteiger charge is 2.30. The molecule has 0 atom stereocenters. The molecule has 7 heteroatoms. The van der Waals surface area contributed by atoms with E-state index in [9.17, 15) is 17.6 Å². The van der Waals surface area contributed by atoms with Gasteiger partial charge in [-0.05, 0) is 68.1 Å². The van der Waals surface area contributed by atoms with E-state index in [1.54, 1.807) is 18.2 Å². The van der Waals surface area contributed by atoms with Gasteiger partial charge in [0.1, 0.15) is 5.82 Å². The largest absolute Gasteiger partial charge is 0.349 e. The lowest BCUT2D eigenvalue weighted by Crippen LogP contribution is -2.46. The van der Waals surface area contributed by atoms with E-state index in [4.69, 9.17) is 0 Å². The monoisotopic (exact) mass is 390 g/mol. The third-order valence-corrected chi connectivity index (χ3v) is 6.89. The van der Waals surface area contributed by atoms with Gasteiger partial charge in [-0.1, -0.05) is 12.1 Å². The van der Waals surface area contributed by atoms with Gasteiger partial charge in [-0.25, -0.2) is 12.8 Å². The lowest BCUT2D eigenvalue weighted by molar-refractivity contribution is 0.0923. The molecule has 27 heavy (non-hydrogen) atoms. The molecule has 1 N–H and O–H groups in total. The molecule has 0 spiro atoms. The molecule has 0 aliphatic carbocycles. The van der Waals surface area contributed by atoms with Crippen molar-refractivity contribution < 1.29 is 17.6 Å². The molecule has 0 unspecified atom stereocenters. The topological polar surface area (TPSA) is 66.5 Å². The second-order valence-electron chi connectivity index (χ2n) is 6.91. The number of hydrogen-bond donors (Lipinski definition) is 1. The molecule has 1 amide bonds. The Hall–Kier alpha value is -2.25. The second-order valence-corrected chi connectivity index (χ2v) is 8.85. The van der Waals surface area contributed by atoms with Crippen LogP contribution in [-0.2, 0) is 10.0 Å². The van der Waals surface area contributed by atoms with Gasteiger partial charge in [0, 0.05) is 24.7 Å². The van der Waals surface area contributed by atoms with E-state index in [2.05, 4.69) is 5.32 Å². The number of hydrogen-bond acceptors (Lipinski definition) is 3. The number of aryl methyl sites for hydroxylation is 2. The fourth-order valence-electron chi connectivity index (χ4n) is 3.16. The maximum Gasteiger partial charge on any atom is 0.251 e. The maximum atomic E-state index is 13.2. The van der Waals surface area contributed by atoms with Crippen LogP contribution in [0.15, 0.2) is 47.4 Å². The minimum atomic E-state index is -3.54. The summed E-state index contributed by atoms with van der Waals surface area (Å²) < 4.78 is 40.4. The van der Waals surface area contributed by atoms with Crippen LogP contribution in [0.1, 0.15) is 34.3 Å². The van der Waals surface area contributed by atoms with Gasteiger partial charge in [0.15, 0.2) is 0 Å². The van der Waals surface area contributed by atoms with E-state index < -0.39 is 15.8 Å². The highest BCUT2D eigenvalue weighted by atomic mass is 32.2. The van der Waals surface area contributed by atoms with Gasteiger partial charge in [-0.2, -0.15) is 4.31 Å². The van der Waals surface area contributed by atoms with Gasteiger partial charge in [0.2, 0.25) is 10.0 Å². The van der Waals surface area contributed by atoms with Crippen LogP contribution in [-0.4, -0.2) is 37.8 Å². The summed E-state index contributed by atoms with van der Waals surface area (Å²) in [6, 6.07) is 10.5. The van der Waals surface area contributed by atoms with Crippen LogP contribution >= 0.6 is 0 Å².